The fourth-order valence-electron chi connectivity index (χ4n) is 1.39. The van der Waals surface area contributed by atoms with Crippen LogP contribution in [-0.4, -0.2) is 9.78 Å². The van der Waals surface area contributed by atoms with Crippen molar-refractivity contribution in [1.29, 1.82) is 0 Å². The van der Waals surface area contributed by atoms with Crippen molar-refractivity contribution in [2.45, 2.75) is 6.92 Å². The van der Waals surface area contributed by atoms with Gasteiger partial charge in [-0.1, -0.05) is 29.8 Å². The highest BCUT2D eigenvalue weighted by atomic mass is 15.2. The number of nitrogens with zero attached hydrogens (tertiary/aromatic N) is 2. The zero-order valence-corrected chi connectivity index (χ0v) is 7.86. The van der Waals surface area contributed by atoms with E-state index in [0.717, 1.165) is 0 Å². The predicted octanol–water partition coefficient (Wildman–Crippen LogP) is 2.40. The Morgan fingerprint density at radius 2 is 2.08 bits per heavy atom. The third kappa shape index (κ3) is 1.61. The molecule has 0 aliphatic rings. The van der Waals surface area contributed by atoms with E-state index in [4.69, 9.17) is 0 Å². The normalized spacial score (nSPS) is 10.3. The van der Waals surface area contributed by atoms with Gasteiger partial charge in [0.15, 0.2) is 0 Å². The Kier molecular flexibility index (Phi) is 1.89. The minimum Gasteiger partial charge on any atom is -0.275 e. The van der Waals surface area contributed by atoms with Crippen LogP contribution in [0.4, 0.5) is 0 Å². The lowest BCUT2D eigenvalue weighted by Gasteiger charge is -1.97. The molecule has 2 nitrogen and oxygen atoms in total. The van der Waals surface area contributed by atoms with Crippen molar-refractivity contribution in [2.75, 3.05) is 0 Å². The van der Waals surface area contributed by atoms with E-state index in [1.807, 2.05) is 24.1 Å². The summed E-state index contributed by atoms with van der Waals surface area (Å²) >= 11 is 0. The van der Waals surface area contributed by atoms with E-state index in [2.05, 4.69) is 36.3 Å². The second-order valence-corrected chi connectivity index (χ2v) is 3.27. The molecule has 0 saturated carbocycles. The molecule has 0 N–H and O–H groups in total. The summed E-state index contributed by atoms with van der Waals surface area (Å²) in [6.07, 6.45) is 3.91. The monoisotopic (exact) mass is 172 g/mol. The van der Waals surface area contributed by atoms with Crippen molar-refractivity contribution in [3.05, 3.63) is 42.2 Å². The molecule has 1 heterocycles. The summed E-state index contributed by atoms with van der Waals surface area (Å²) in [5, 5.41) is 4.14. The summed E-state index contributed by atoms with van der Waals surface area (Å²) in [4.78, 5) is 0. The van der Waals surface area contributed by atoms with Crippen molar-refractivity contribution in [3.8, 4) is 11.1 Å². The molecule has 66 valence electrons. The average molecular weight is 172 g/mol. The molecule has 1 aromatic heterocycles. The fraction of sp³-hybridized carbons (Fsp3) is 0.182. The molecule has 2 aromatic rings. The first kappa shape index (κ1) is 8.05. The maximum Gasteiger partial charge on any atom is 0.0568 e. The summed E-state index contributed by atoms with van der Waals surface area (Å²) in [6.45, 7) is 2.10. The van der Waals surface area contributed by atoms with Gasteiger partial charge in [0.1, 0.15) is 0 Å². The van der Waals surface area contributed by atoms with Gasteiger partial charge in [-0.05, 0) is 12.5 Å². The molecule has 0 fully saturated rings. The minimum atomic E-state index is 1.17. The Morgan fingerprint density at radius 1 is 1.23 bits per heavy atom. The van der Waals surface area contributed by atoms with Crippen molar-refractivity contribution in [1.82, 2.24) is 9.78 Å². The van der Waals surface area contributed by atoms with Crippen molar-refractivity contribution in [3.63, 3.8) is 0 Å². The molecule has 0 aliphatic carbocycles. The Hall–Kier alpha value is -1.57. The van der Waals surface area contributed by atoms with Gasteiger partial charge in [0.25, 0.3) is 0 Å². The topological polar surface area (TPSA) is 17.8 Å². The van der Waals surface area contributed by atoms with Crippen LogP contribution in [0, 0.1) is 6.92 Å². The number of hydrogen-bond donors (Lipinski definition) is 0. The molecule has 0 bridgehead atoms. The van der Waals surface area contributed by atoms with Crippen molar-refractivity contribution in [2.24, 2.45) is 7.05 Å². The Labute approximate surface area is 77.8 Å². The number of aryl methyl sites for hydroxylation is 2. The van der Waals surface area contributed by atoms with Crippen LogP contribution < -0.4 is 0 Å². The first-order chi connectivity index (χ1) is 6.25. The summed E-state index contributed by atoms with van der Waals surface area (Å²) in [7, 11) is 1.93. The summed E-state index contributed by atoms with van der Waals surface area (Å²) in [5.41, 5.74) is 3.68. The highest BCUT2D eigenvalue weighted by molar-refractivity contribution is 5.62. The third-order valence-electron chi connectivity index (χ3n) is 2.06. The second-order valence-electron chi connectivity index (χ2n) is 3.27. The zero-order chi connectivity index (χ0) is 9.26. The van der Waals surface area contributed by atoms with Gasteiger partial charge in [-0.2, -0.15) is 5.10 Å². The SMILES string of the molecule is Cc1cccc(-c2cnn(C)c2)c1. The molecule has 2 rings (SSSR count). The molecule has 0 amide bonds. The number of benzene rings is 1. The van der Waals surface area contributed by atoms with Crippen LogP contribution in [0.15, 0.2) is 36.7 Å². The molecule has 0 radical (unpaired) electrons. The lowest BCUT2D eigenvalue weighted by molar-refractivity contribution is 0.768. The van der Waals surface area contributed by atoms with Gasteiger partial charge >= 0.3 is 0 Å². The van der Waals surface area contributed by atoms with Crippen LogP contribution in [0.1, 0.15) is 5.56 Å². The predicted molar refractivity (Wildman–Crippen MR) is 53.4 cm³/mol. The van der Waals surface area contributed by atoms with Crippen LogP contribution in [-0.2, 0) is 7.05 Å². The van der Waals surface area contributed by atoms with E-state index in [0.29, 0.717) is 0 Å². The van der Waals surface area contributed by atoms with Gasteiger partial charge in [-0.25, -0.2) is 0 Å². The molecule has 2 heteroatoms. The van der Waals surface area contributed by atoms with Crippen LogP contribution in [0.2, 0.25) is 0 Å². The fourth-order valence-corrected chi connectivity index (χ4v) is 1.39. The Bertz CT molecular complexity index is 416. The van der Waals surface area contributed by atoms with Crippen molar-refractivity contribution >= 4 is 0 Å². The van der Waals surface area contributed by atoms with E-state index < -0.39 is 0 Å². The Morgan fingerprint density at radius 3 is 2.69 bits per heavy atom. The summed E-state index contributed by atoms with van der Waals surface area (Å²) in [6, 6.07) is 8.43. The summed E-state index contributed by atoms with van der Waals surface area (Å²) < 4.78 is 1.82. The van der Waals surface area contributed by atoms with Gasteiger partial charge in [0, 0.05) is 18.8 Å². The highest BCUT2D eigenvalue weighted by Gasteiger charge is 1.98. The quantitative estimate of drug-likeness (QED) is 0.645. The van der Waals surface area contributed by atoms with Gasteiger partial charge in [-0.15, -0.1) is 0 Å². The highest BCUT2D eigenvalue weighted by Crippen LogP contribution is 2.18. The lowest BCUT2D eigenvalue weighted by Crippen LogP contribution is -1.84. The number of hydrogen-bond acceptors (Lipinski definition) is 1. The molecule has 1 aromatic carbocycles. The minimum absolute atomic E-state index is 1.17. The van der Waals surface area contributed by atoms with Crippen LogP contribution >= 0.6 is 0 Å². The average Bonchev–Trinajstić information content (AvgIpc) is 2.52. The molecule has 0 unspecified atom stereocenters. The molecule has 0 aliphatic heterocycles. The first-order valence-electron chi connectivity index (χ1n) is 4.31. The molecule has 0 saturated heterocycles. The standard InChI is InChI=1S/C11H12N2/c1-9-4-3-5-10(6-9)11-7-12-13(2)8-11/h3-8H,1-2H3. The van der Waals surface area contributed by atoms with Crippen LogP contribution in [0.5, 0.6) is 0 Å². The van der Waals surface area contributed by atoms with Gasteiger partial charge in [-0.3, -0.25) is 4.68 Å². The Balaban J connectivity index is 2.46. The van der Waals surface area contributed by atoms with Crippen LogP contribution in [0.25, 0.3) is 11.1 Å². The van der Waals surface area contributed by atoms with Gasteiger partial charge in [0.2, 0.25) is 0 Å². The molecule has 0 spiro atoms. The van der Waals surface area contributed by atoms with Crippen LogP contribution in [0.3, 0.4) is 0 Å². The number of aromatic nitrogens is 2. The first-order valence-corrected chi connectivity index (χ1v) is 4.31. The molecular formula is C11H12N2. The second kappa shape index (κ2) is 3.05. The largest absolute Gasteiger partial charge is 0.275 e. The molecule has 0 atom stereocenters. The van der Waals surface area contributed by atoms with E-state index in [1.165, 1.54) is 16.7 Å². The van der Waals surface area contributed by atoms with E-state index in [1.54, 1.807) is 0 Å². The van der Waals surface area contributed by atoms with Gasteiger partial charge in [0.05, 0.1) is 6.20 Å². The molecular weight excluding hydrogens is 160 g/mol. The zero-order valence-electron chi connectivity index (χ0n) is 7.86. The van der Waals surface area contributed by atoms with E-state index in [-0.39, 0.29) is 0 Å². The summed E-state index contributed by atoms with van der Waals surface area (Å²) in [5.74, 6) is 0. The maximum atomic E-state index is 4.14. The maximum absolute atomic E-state index is 4.14. The van der Waals surface area contributed by atoms with Gasteiger partial charge < -0.3 is 0 Å². The number of rotatable bonds is 1. The lowest BCUT2D eigenvalue weighted by atomic mass is 10.1. The van der Waals surface area contributed by atoms with E-state index >= 15 is 0 Å². The van der Waals surface area contributed by atoms with Crippen molar-refractivity contribution < 1.29 is 0 Å². The smallest absolute Gasteiger partial charge is 0.0568 e. The third-order valence-corrected chi connectivity index (χ3v) is 2.06. The van der Waals surface area contributed by atoms with E-state index in [9.17, 15) is 0 Å². The molecule has 13 heavy (non-hydrogen) atoms.